The highest BCUT2D eigenvalue weighted by molar-refractivity contribution is 14.1. The van der Waals surface area contributed by atoms with Crippen LogP contribution in [0.25, 0.3) is 0 Å². The number of benzene rings is 2. The van der Waals surface area contributed by atoms with Crippen LogP contribution >= 0.6 is 22.6 Å². The van der Waals surface area contributed by atoms with Crippen molar-refractivity contribution in [1.29, 1.82) is 0 Å². The highest BCUT2D eigenvalue weighted by Crippen LogP contribution is 2.21. The number of halogens is 1. The van der Waals surface area contributed by atoms with Crippen molar-refractivity contribution < 1.29 is 14.4 Å². The molecule has 1 atom stereocenters. The molecule has 7 heteroatoms. The van der Waals surface area contributed by atoms with Crippen molar-refractivity contribution in [2.75, 3.05) is 23.7 Å². The summed E-state index contributed by atoms with van der Waals surface area (Å²) in [7, 11) is 0. The number of amides is 3. The van der Waals surface area contributed by atoms with E-state index in [9.17, 15) is 14.4 Å². The highest BCUT2D eigenvalue weighted by Gasteiger charge is 2.33. The molecule has 2 aromatic rings. The van der Waals surface area contributed by atoms with Crippen LogP contribution in [0.1, 0.15) is 36.5 Å². The molecule has 1 heterocycles. The molecule has 1 aliphatic heterocycles. The zero-order valence-corrected chi connectivity index (χ0v) is 18.4. The lowest BCUT2D eigenvalue weighted by Crippen LogP contribution is -2.29. The number of hydrogen-bond donors (Lipinski definition) is 2. The van der Waals surface area contributed by atoms with Gasteiger partial charge in [0, 0.05) is 40.0 Å². The lowest BCUT2D eigenvalue weighted by atomic mass is 10.1. The monoisotopic (exact) mass is 505 g/mol. The predicted octanol–water partition coefficient (Wildman–Crippen LogP) is 4.13. The van der Waals surface area contributed by atoms with Crippen LogP contribution in [-0.2, 0) is 9.59 Å². The van der Waals surface area contributed by atoms with E-state index in [0.717, 1.165) is 22.1 Å². The third kappa shape index (κ3) is 5.79. The predicted molar refractivity (Wildman–Crippen MR) is 122 cm³/mol. The van der Waals surface area contributed by atoms with E-state index in [0.29, 0.717) is 24.3 Å². The van der Waals surface area contributed by atoms with Crippen LogP contribution in [0, 0.1) is 9.49 Å². The van der Waals surface area contributed by atoms with Crippen molar-refractivity contribution in [2.24, 2.45) is 5.92 Å². The second-order valence-corrected chi connectivity index (χ2v) is 8.37. The third-order valence-corrected chi connectivity index (χ3v) is 5.60. The Bertz CT molecular complexity index is 881. The summed E-state index contributed by atoms with van der Waals surface area (Å²) in [5, 5.41) is 5.70. The number of anilines is 2. The Hall–Kier alpha value is -2.42. The minimum atomic E-state index is -0.330. The van der Waals surface area contributed by atoms with Gasteiger partial charge in [-0.15, -0.1) is 0 Å². The maximum Gasteiger partial charge on any atom is 0.255 e. The van der Waals surface area contributed by atoms with Gasteiger partial charge in [-0.25, -0.2) is 0 Å². The molecule has 0 aliphatic carbocycles. The van der Waals surface area contributed by atoms with Crippen LogP contribution in [0.3, 0.4) is 0 Å². The number of nitrogens with zero attached hydrogens (tertiary/aromatic N) is 1. The standard InChI is InChI=1S/C22H24IN3O3/c1-2-3-12-26-14-16(13-20(26)27)22(29)25-18-8-4-15(5-9-18)21(28)24-19-10-6-17(23)7-11-19/h4-11,16H,2-3,12-14H2,1H3,(H,24,28)(H,25,29). The first-order valence-electron chi connectivity index (χ1n) is 9.72. The summed E-state index contributed by atoms with van der Waals surface area (Å²) in [6, 6.07) is 14.3. The fourth-order valence-electron chi connectivity index (χ4n) is 3.20. The summed E-state index contributed by atoms with van der Waals surface area (Å²) in [6.07, 6.45) is 2.22. The van der Waals surface area contributed by atoms with Gasteiger partial charge in [0.1, 0.15) is 0 Å². The largest absolute Gasteiger partial charge is 0.342 e. The van der Waals surface area contributed by atoms with Crippen molar-refractivity contribution in [2.45, 2.75) is 26.2 Å². The Morgan fingerprint density at radius 3 is 2.31 bits per heavy atom. The first kappa shape index (κ1) is 21.3. The molecular weight excluding hydrogens is 481 g/mol. The molecule has 1 unspecified atom stereocenters. The first-order valence-corrected chi connectivity index (χ1v) is 10.8. The molecule has 0 radical (unpaired) electrons. The number of likely N-dealkylation sites (tertiary alicyclic amines) is 1. The summed E-state index contributed by atoms with van der Waals surface area (Å²) >= 11 is 2.21. The summed E-state index contributed by atoms with van der Waals surface area (Å²) in [5.41, 5.74) is 1.84. The lowest BCUT2D eigenvalue weighted by molar-refractivity contribution is -0.128. The van der Waals surface area contributed by atoms with E-state index in [1.807, 2.05) is 24.3 Å². The third-order valence-electron chi connectivity index (χ3n) is 4.88. The van der Waals surface area contributed by atoms with Gasteiger partial charge in [-0.2, -0.15) is 0 Å². The SMILES string of the molecule is CCCCN1CC(C(=O)Nc2ccc(C(=O)Nc3ccc(I)cc3)cc2)CC1=O. The van der Waals surface area contributed by atoms with Gasteiger partial charge < -0.3 is 15.5 Å². The summed E-state index contributed by atoms with van der Waals surface area (Å²) < 4.78 is 1.10. The molecular formula is C22H24IN3O3. The Morgan fingerprint density at radius 1 is 1.03 bits per heavy atom. The molecule has 3 rings (SSSR count). The van der Waals surface area contributed by atoms with E-state index in [1.165, 1.54) is 0 Å². The van der Waals surface area contributed by atoms with Crippen molar-refractivity contribution in [3.05, 3.63) is 57.7 Å². The van der Waals surface area contributed by atoms with Crippen molar-refractivity contribution in [3.8, 4) is 0 Å². The Kier molecular flexibility index (Phi) is 7.24. The summed E-state index contributed by atoms with van der Waals surface area (Å²) in [4.78, 5) is 38.7. The van der Waals surface area contributed by atoms with Gasteiger partial charge in [0.15, 0.2) is 0 Å². The fraction of sp³-hybridized carbons (Fsp3) is 0.318. The van der Waals surface area contributed by atoms with E-state index in [-0.39, 0.29) is 30.1 Å². The molecule has 1 aliphatic rings. The zero-order valence-electron chi connectivity index (χ0n) is 16.3. The molecule has 3 amide bonds. The van der Waals surface area contributed by atoms with Gasteiger partial charge in [0.25, 0.3) is 5.91 Å². The van der Waals surface area contributed by atoms with E-state index in [1.54, 1.807) is 29.2 Å². The summed E-state index contributed by atoms with van der Waals surface area (Å²) in [5.74, 6) is -0.657. The smallest absolute Gasteiger partial charge is 0.255 e. The molecule has 1 saturated heterocycles. The fourth-order valence-corrected chi connectivity index (χ4v) is 3.56. The number of carbonyl (C=O) groups is 3. The second-order valence-electron chi connectivity index (χ2n) is 7.12. The average molecular weight is 505 g/mol. The number of rotatable bonds is 7. The van der Waals surface area contributed by atoms with Gasteiger partial charge in [-0.05, 0) is 77.5 Å². The van der Waals surface area contributed by atoms with E-state index in [2.05, 4.69) is 40.1 Å². The molecule has 6 nitrogen and oxygen atoms in total. The van der Waals surface area contributed by atoms with Crippen LogP contribution < -0.4 is 10.6 Å². The minimum Gasteiger partial charge on any atom is -0.342 e. The molecule has 0 spiro atoms. The van der Waals surface area contributed by atoms with Crippen LogP contribution in [0.15, 0.2) is 48.5 Å². The van der Waals surface area contributed by atoms with Crippen molar-refractivity contribution >= 4 is 51.7 Å². The van der Waals surface area contributed by atoms with E-state index < -0.39 is 0 Å². The van der Waals surface area contributed by atoms with Crippen molar-refractivity contribution in [1.82, 2.24) is 4.90 Å². The molecule has 152 valence electrons. The van der Waals surface area contributed by atoms with E-state index >= 15 is 0 Å². The Morgan fingerprint density at radius 2 is 1.66 bits per heavy atom. The number of hydrogen-bond acceptors (Lipinski definition) is 3. The number of carbonyl (C=O) groups excluding carboxylic acids is 3. The number of unbranched alkanes of at least 4 members (excludes halogenated alkanes) is 1. The molecule has 0 aromatic heterocycles. The highest BCUT2D eigenvalue weighted by atomic mass is 127. The van der Waals surface area contributed by atoms with E-state index in [4.69, 9.17) is 0 Å². The van der Waals surface area contributed by atoms with Gasteiger partial charge >= 0.3 is 0 Å². The lowest BCUT2D eigenvalue weighted by Gasteiger charge is -2.16. The van der Waals surface area contributed by atoms with Crippen LogP contribution in [-0.4, -0.2) is 35.7 Å². The minimum absolute atomic E-state index is 0.0428. The molecule has 0 saturated carbocycles. The van der Waals surface area contributed by atoms with Gasteiger partial charge in [0.2, 0.25) is 11.8 Å². The molecule has 0 bridgehead atoms. The molecule has 2 aromatic carbocycles. The normalized spacial score (nSPS) is 16.0. The Labute approximate surface area is 184 Å². The molecule has 2 N–H and O–H groups in total. The van der Waals surface area contributed by atoms with Crippen LogP contribution in [0.4, 0.5) is 11.4 Å². The average Bonchev–Trinajstić information content (AvgIpc) is 3.09. The maximum atomic E-state index is 12.5. The van der Waals surface area contributed by atoms with Crippen LogP contribution in [0.2, 0.25) is 0 Å². The van der Waals surface area contributed by atoms with Gasteiger partial charge in [-0.3, -0.25) is 14.4 Å². The topological polar surface area (TPSA) is 78.5 Å². The van der Waals surface area contributed by atoms with Gasteiger partial charge in [0.05, 0.1) is 5.92 Å². The number of nitrogens with one attached hydrogen (secondary N) is 2. The Balaban J connectivity index is 1.55. The molecule has 1 fully saturated rings. The van der Waals surface area contributed by atoms with Gasteiger partial charge in [-0.1, -0.05) is 13.3 Å². The zero-order chi connectivity index (χ0) is 20.8. The van der Waals surface area contributed by atoms with Crippen molar-refractivity contribution in [3.63, 3.8) is 0 Å². The first-order chi connectivity index (χ1) is 14.0. The van der Waals surface area contributed by atoms with Crippen LogP contribution in [0.5, 0.6) is 0 Å². The second kappa shape index (κ2) is 9.87. The quantitative estimate of drug-likeness (QED) is 0.556. The summed E-state index contributed by atoms with van der Waals surface area (Å²) in [6.45, 7) is 3.26. The molecule has 29 heavy (non-hydrogen) atoms. The maximum absolute atomic E-state index is 12.5.